The van der Waals surface area contributed by atoms with Crippen LogP contribution in [-0.4, -0.2) is 24.0 Å². The molecule has 1 amide bonds. The number of hydrogen-bond donors (Lipinski definition) is 1. The predicted molar refractivity (Wildman–Crippen MR) is 93.2 cm³/mol. The highest BCUT2D eigenvalue weighted by atomic mass is 35.5. The van der Waals surface area contributed by atoms with Crippen LogP contribution in [-0.2, 0) is 11.2 Å². The summed E-state index contributed by atoms with van der Waals surface area (Å²) in [5.74, 6) is 0.430. The summed E-state index contributed by atoms with van der Waals surface area (Å²) in [6.07, 6.45) is 0.745. The molecule has 6 heteroatoms. The molecule has 2 rings (SSSR count). The van der Waals surface area contributed by atoms with Crippen molar-refractivity contribution in [3.05, 3.63) is 51.2 Å². The second kappa shape index (κ2) is 8.36. The quantitative estimate of drug-likeness (QED) is 0.603. The van der Waals surface area contributed by atoms with Crippen molar-refractivity contribution in [3.8, 4) is 0 Å². The summed E-state index contributed by atoms with van der Waals surface area (Å²) in [5.41, 5.74) is 0. The number of thiophene rings is 1. The molecule has 0 unspecified atom stereocenters. The number of amides is 1. The summed E-state index contributed by atoms with van der Waals surface area (Å²) >= 11 is 9.01. The average Bonchev–Trinajstić information content (AvgIpc) is 2.94. The molecular weight excluding hydrogens is 338 g/mol. The Morgan fingerprint density at radius 2 is 2.00 bits per heavy atom. The van der Waals surface area contributed by atoms with Gasteiger partial charge in [0.05, 0.1) is 15.7 Å². The first kappa shape index (κ1) is 17.1. The van der Waals surface area contributed by atoms with Gasteiger partial charge < -0.3 is 5.32 Å². The Hall–Kier alpha value is -1.30. The average molecular weight is 354 g/mol. The topological polar surface area (TPSA) is 46.2 Å². The van der Waals surface area contributed by atoms with E-state index in [1.54, 1.807) is 0 Å². The van der Waals surface area contributed by atoms with E-state index in [2.05, 4.69) is 5.32 Å². The molecule has 1 heterocycles. The first-order valence-electron chi connectivity index (χ1n) is 6.80. The normalized spacial score (nSPS) is 10.5. The first-order chi connectivity index (χ1) is 10.6. The van der Waals surface area contributed by atoms with Crippen molar-refractivity contribution >= 4 is 46.4 Å². The van der Waals surface area contributed by atoms with E-state index in [-0.39, 0.29) is 11.7 Å². The zero-order valence-electron chi connectivity index (χ0n) is 12.1. The fourth-order valence-corrected chi connectivity index (χ4v) is 3.96. The zero-order valence-corrected chi connectivity index (χ0v) is 14.5. The van der Waals surface area contributed by atoms with Crippen LogP contribution < -0.4 is 5.32 Å². The molecule has 22 heavy (non-hydrogen) atoms. The molecule has 3 nitrogen and oxygen atoms in total. The van der Waals surface area contributed by atoms with Gasteiger partial charge in [0.25, 0.3) is 0 Å². The van der Waals surface area contributed by atoms with E-state index in [0.29, 0.717) is 17.3 Å². The SMILES string of the molecule is CC(=O)NCCc1ccc(C(=O)CSc2ccccc2Cl)s1. The van der Waals surface area contributed by atoms with Crippen molar-refractivity contribution in [2.75, 3.05) is 12.3 Å². The number of Topliss-reactive ketones (excluding diaryl/α,β-unsaturated/α-hetero) is 1. The van der Waals surface area contributed by atoms with Crippen LogP contribution in [0.3, 0.4) is 0 Å². The number of carbonyl (C=O) groups excluding carboxylic acids is 2. The van der Waals surface area contributed by atoms with Crippen molar-refractivity contribution in [1.29, 1.82) is 0 Å². The van der Waals surface area contributed by atoms with Crippen LogP contribution in [0.15, 0.2) is 41.3 Å². The molecule has 0 spiro atoms. The molecule has 1 aromatic carbocycles. The van der Waals surface area contributed by atoms with Crippen molar-refractivity contribution in [2.24, 2.45) is 0 Å². The highest BCUT2D eigenvalue weighted by Gasteiger charge is 2.11. The van der Waals surface area contributed by atoms with Gasteiger partial charge in [-0.1, -0.05) is 23.7 Å². The van der Waals surface area contributed by atoms with Crippen LogP contribution in [0.5, 0.6) is 0 Å². The molecule has 0 aliphatic carbocycles. The Morgan fingerprint density at radius 1 is 1.23 bits per heavy atom. The maximum absolute atomic E-state index is 12.2. The van der Waals surface area contributed by atoms with E-state index in [1.165, 1.54) is 30.0 Å². The van der Waals surface area contributed by atoms with Crippen molar-refractivity contribution in [1.82, 2.24) is 5.32 Å². The lowest BCUT2D eigenvalue weighted by Crippen LogP contribution is -2.22. The molecular formula is C16H16ClNO2S2. The number of hydrogen-bond acceptors (Lipinski definition) is 4. The molecule has 2 aromatic rings. The monoisotopic (exact) mass is 353 g/mol. The molecule has 0 saturated heterocycles. The van der Waals surface area contributed by atoms with Crippen molar-refractivity contribution in [2.45, 2.75) is 18.2 Å². The lowest BCUT2D eigenvalue weighted by molar-refractivity contribution is -0.118. The van der Waals surface area contributed by atoms with E-state index in [9.17, 15) is 9.59 Å². The Balaban J connectivity index is 1.86. The number of thioether (sulfide) groups is 1. The molecule has 0 radical (unpaired) electrons. The smallest absolute Gasteiger partial charge is 0.216 e. The van der Waals surface area contributed by atoms with Gasteiger partial charge in [0.1, 0.15) is 0 Å². The standard InChI is InChI=1S/C16H16ClNO2S2/c1-11(19)18-9-8-12-6-7-16(22-12)14(20)10-21-15-5-3-2-4-13(15)17/h2-7H,8-10H2,1H3,(H,18,19). The van der Waals surface area contributed by atoms with E-state index in [0.717, 1.165) is 21.1 Å². The van der Waals surface area contributed by atoms with E-state index in [4.69, 9.17) is 11.6 Å². The molecule has 0 saturated carbocycles. The number of carbonyl (C=O) groups is 2. The predicted octanol–water partition coefficient (Wildman–Crippen LogP) is 4.06. The third-order valence-corrected chi connectivity index (χ3v) is 5.58. The van der Waals surface area contributed by atoms with Gasteiger partial charge in [-0.05, 0) is 30.7 Å². The largest absolute Gasteiger partial charge is 0.356 e. The van der Waals surface area contributed by atoms with Gasteiger partial charge >= 0.3 is 0 Å². The second-order valence-corrected chi connectivity index (χ2v) is 7.23. The molecule has 1 N–H and O–H groups in total. The van der Waals surface area contributed by atoms with Crippen LogP contribution in [0.25, 0.3) is 0 Å². The van der Waals surface area contributed by atoms with Gasteiger partial charge in [-0.25, -0.2) is 0 Å². The number of benzene rings is 1. The van der Waals surface area contributed by atoms with Crippen LogP contribution in [0.2, 0.25) is 5.02 Å². The third kappa shape index (κ3) is 5.16. The van der Waals surface area contributed by atoms with E-state index in [1.807, 2.05) is 36.4 Å². The maximum atomic E-state index is 12.2. The zero-order chi connectivity index (χ0) is 15.9. The molecule has 0 bridgehead atoms. The Kier molecular flexibility index (Phi) is 6.49. The number of ketones is 1. The highest BCUT2D eigenvalue weighted by Crippen LogP contribution is 2.28. The third-order valence-electron chi connectivity index (χ3n) is 2.88. The lowest BCUT2D eigenvalue weighted by Gasteiger charge is -2.02. The van der Waals surface area contributed by atoms with Gasteiger partial charge in [0.2, 0.25) is 5.91 Å². The molecule has 0 aliphatic heterocycles. The number of halogens is 1. The Bertz CT molecular complexity index is 670. The maximum Gasteiger partial charge on any atom is 0.216 e. The molecule has 1 aromatic heterocycles. The minimum Gasteiger partial charge on any atom is -0.356 e. The van der Waals surface area contributed by atoms with E-state index < -0.39 is 0 Å². The fraction of sp³-hybridized carbons (Fsp3) is 0.250. The van der Waals surface area contributed by atoms with Gasteiger partial charge in [0, 0.05) is 23.2 Å². The number of nitrogens with one attached hydrogen (secondary N) is 1. The van der Waals surface area contributed by atoms with Gasteiger partial charge in [0.15, 0.2) is 5.78 Å². The summed E-state index contributed by atoms with van der Waals surface area (Å²) in [7, 11) is 0. The fourth-order valence-electron chi connectivity index (χ4n) is 1.80. The lowest BCUT2D eigenvalue weighted by atomic mass is 10.3. The van der Waals surface area contributed by atoms with Crippen LogP contribution >= 0.6 is 34.7 Å². The molecule has 116 valence electrons. The van der Waals surface area contributed by atoms with Gasteiger partial charge in [-0.3, -0.25) is 9.59 Å². The second-order valence-electron chi connectivity index (χ2n) is 4.64. The summed E-state index contributed by atoms with van der Waals surface area (Å²) in [6, 6.07) is 11.3. The molecule has 0 aliphatic rings. The van der Waals surface area contributed by atoms with Crippen molar-refractivity contribution < 1.29 is 9.59 Å². The molecule has 0 fully saturated rings. The number of rotatable bonds is 7. The van der Waals surface area contributed by atoms with Gasteiger partial charge in [-0.15, -0.1) is 23.1 Å². The summed E-state index contributed by atoms with van der Waals surface area (Å²) < 4.78 is 0. The first-order valence-corrected chi connectivity index (χ1v) is 8.98. The van der Waals surface area contributed by atoms with Crippen LogP contribution in [0.1, 0.15) is 21.5 Å². The van der Waals surface area contributed by atoms with Crippen molar-refractivity contribution in [3.63, 3.8) is 0 Å². The summed E-state index contributed by atoms with van der Waals surface area (Å²) in [4.78, 5) is 25.8. The van der Waals surface area contributed by atoms with Gasteiger partial charge in [-0.2, -0.15) is 0 Å². The molecule has 0 atom stereocenters. The van der Waals surface area contributed by atoms with E-state index >= 15 is 0 Å². The Morgan fingerprint density at radius 3 is 2.73 bits per heavy atom. The Labute approximate surface area is 143 Å². The summed E-state index contributed by atoms with van der Waals surface area (Å²) in [6.45, 7) is 2.09. The van der Waals surface area contributed by atoms with Crippen LogP contribution in [0, 0.1) is 0 Å². The minimum absolute atomic E-state index is 0.0380. The highest BCUT2D eigenvalue weighted by molar-refractivity contribution is 8.00. The van der Waals surface area contributed by atoms with Crippen LogP contribution in [0.4, 0.5) is 0 Å². The summed E-state index contributed by atoms with van der Waals surface area (Å²) in [5, 5.41) is 3.42. The minimum atomic E-state index is -0.0380.